The van der Waals surface area contributed by atoms with Crippen molar-refractivity contribution in [2.45, 2.75) is 16.9 Å². The van der Waals surface area contributed by atoms with Crippen LogP contribution in [0, 0.1) is 17.0 Å². The summed E-state index contributed by atoms with van der Waals surface area (Å²) in [6.07, 6.45) is -1.30. The summed E-state index contributed by atoms with van der Waals surface area (Å²) in [5.41, 5.74) is 1.17. The number of non-ortho nitro benzene ring substituents is 1. The highest BCUT2D eigenvalue weighted by atomic mass is 35.6. The number of alkyl halides is 3. The zero-order valence-corrected chi connectivity index (χ0v) is 15.2. The van der Waals surface area contributed by atoms with Crippen molar-refractivity contribution in [3.8, 4) is 5.75 Å². The maximum atomic E-state index is 12.3. The first-order chi connectivity index (χ1) is 11.7. The van der Waals surface area contributed by atoms with E-state index in [0.717, 1.165) is 5.56 Å². The highest BCUT2D eigenvalue weighted by Crippen LogP contribution is 2.32. The van der Waals surface area contributed by atoms with Gasteiger partial charge in [0.15, 0.2) is 0 Å². The summed E-state index contributed by atoms with van der Waals surface area (Å²) in [7, 11) is 0. The fourth-order valence-corrected chi connectivity index (χ4v) is 2.25. The molecule has 1 amide bonds. The molecule has 0 fully saturated rings. The molecule has 0 spiro atoms. The second-order valence-corrected chi connectivity index (χ2v) is 7.50. The topological polar surface area (TPSA) is 81.5 Å². The van der Waals surface area contributed by atoms with Crippen LogP contribution < -0.4 is 10.1 Å². The van der Waals surface area contributed by atoms with E-state index >= 15 is 0 Å². The molecule has 1 atom stereocenters. The number of ether oxygens (including phenoxy) is 1. The van der Waals surface area contributed by atoms with E-state index in [1.165, 1.54) is 24.3 Å². The molecule has 2 rings (SSSR count). The normalized spacial score (nSPS) is 12.3. The number of nitrogens with one attached hydrogen (secondary N) is 1. The Bertz CT molecular complexity index is 776. The SMILES string of the molecule is Cc1cccc(C(=O)NC(Oc2ccc([N+](=O)[O-])cc2)C(Cl)(Cl)Cl)c1. The molecule has 2 aromatic carbocycles. The summed E-state index contributed by atoms with van der Waals surface area (Å²) in [5, 5.41) is 13.2. The lowest BCUT2D eigenvalue weighted by atomic mass is 10.1. The van der Waals surface area contributed by atoms with Gasteiger partial charge in [0.05, 0.1) is 4.92 Å². The third-order valence-corrected chi connectivity index (χ3v) is 3.74. The molecule has 0 aliphatic carbocycles. The summed E-state index contributed by atoms with van der Waals surface area (Å²) >= 11 is 17.6. The van der Waals surface area contributed by atoms with Gasteiger partial charge in [-0.15, -0.1) is 0 Å². The third kappa shape index (κ3) is 5.49. The average molecular weight is 404 g/mol. The van der Waals surface area contributed by atoms with Gasteiger partial charge in [-0.25, -0.2) is 0 Å². The monoisotopic (exact) mass is 402 g/mol. The minimum atomic E-state index is -1.96. The van der Waals surface area contributed by atoms with Crippen molar-refractivity contribution in [2.24, 2.45) is 0 Å². The van der Waals surface area contributed by atoms with E-state index in [2.05, 4.69) is 5.32 Å². The molecular weight excluding hydrogens is 391 g/mol. The first-order valence-corrected chi connectivity index (χ1v) is 8.15. The van der Waals surface area contributed by atoms with E-state index in [-0.39, 0.29) is 11.4 Å². The summed E-state index contributed by atoms with van der Waals surface area (Å²) in [6.45, 7) is 1.84. The molecule has 0 saturated carbocycles. The third-order valence-electron chi connectivity index (χ3n) is 3.14. The van der Waals surface area contributed by atoms with E-state index in [0.29, 0.717) is 5.56 Å². The fraction of sp³-hybridized carbons (Fsp3) is 0.188. The van der Waals surface area contributed by atoms with Gasteiger partial charge >= 0.3 is 0 Å². The van der Waals surface area contributed by atoms with Gasteiger partial charge in [-0.3, -0.25) is 14.9 Å². The molecule has 0 aliphatic heterocycles. The zero-order valence-electron chi connectivity index (χ0n) is 12.9. The van der Waals surface area contributed by atoms with Crippen molar-refractivity contribution in [3.63, 3.8) is 0 Å². The average Bonchev–Trinajstić information content (AvgIpc) is 2.53. The molecular formula is C16H13Cl3N2O4. The quantitative estimate of drug-likeness (QED) is 0.347. The number of amides is 1. The van der Waals surface area contributed by atoms with E-state index in [1.807, 2.05) is 13.0 Å². The number of carbonyl (C=O) groups excluding carboxylic acids is 1. The minimum absolute atomic E-state index is 0.110. The van der Waals surface area contributed by atoms with Gasteiger partial charge in [-0.1, -0.05) is 52.5 Å². The molecule has 9 heteroatoms. The van der Waals surface area contributed by atoms with Gasteiger partial charge < -0.3 is 10.1 Å². The van der Waals surface area contributed by atoms with Crippen LogP contribution in [0.15, 0.2) is 48.5 Å². The van der Waals surface area contributed by atoms with E-state index < -0.39 is 20.9 Å². The largest absolute Gasteiger partial charge is 0.466 e. The summed E-state index contributed by atoms with van der Waals surface area (Å²) in [4.78, 5) is 22.5. The number of aryl methyl sites for hydroxylation is 1. The van der Waals surface area contributed by atoms with Gasteiger partial charge in [-0.05, 0) is 31.2 Å². The summed E-state index contributed by atoms with van der Waals surface area (Å²) < 4.78 is 3.53. The Labute approximate surface area is 158 Å². The zero-order chi connectivity index (χ0) is 18.6. The fourth-order valence-electron chi connectivity index (χ4n) is 1.95. The predicted octanol–water partition coefficient (Wildman–Crippen LogP) is 4.41. The van der Waals surface area contributed by atoms with Gasteiger partial charge in [0.1, 0.15) is 5.75 Å². The van der Waals surface area contributed by atoms with Crippen molar-refractivity contribution >= 4 is 46.4 Å². The number of nitro groups is 1. The standard InChI is InChI=1S/C16H13Cl3N2O4/c1-10-3-2-4-11(9-10)14(22)20-15(16(17,18)19)25-13-7-5-12(6-8-13)21(23)24/h2-9,15H,1H3,(H,20,22). The van der Waals surface area contributed by atoms with Crippen LogP contribution in [0.2, 0.25) is 0 Å². The second kappa shape index (κ2) is 7.91. The van der Waals surface area contributed by atoms with Crippen LogP contribution in [-0.2, 0) is 0 Å². The van der Waals surface area contributed by atoms with Crippen molar-refractivity contribution in [1.29, 1.82) is 0 Å². The maximum Gasteiger partial charge on any atom is 0.269 e. The first kappa shape index (κ1) is 19.3. The van der Waals surface area contributed by atoms with Crippen LogP contribution in [0.4, 0.5) is 5.69 Å². The highest BCUT2D eigenvalue weighted by molar-refractivity contribution is 6.68. The Balaban J connectivity index is 2.16. The molecule has 132 valence electrons. The first-order valence-electron chi connectivity index (χ1n) is 7.02. The van der Waals surface area contributed by atoms with Crippen LogP contribution in [-0.4, -0.2) is 20.9 Å². The number of nitro benzene ring substituents is 1. The number of carbonyl (C=O) groups is 1. The molecule has 0 bridgehead atoms. The van der Waals surface area contributed by atoms with E-state index in [4.69, 9.17) is 39.5 Å². The van der Waals surface area contributed by atoms with Crippen LogP contribution in [0.25, 0.3) is 0 Å². The maximum absolute atomic E-state index is 12.3. The van der Waals surface area contributed by atoms with Crippen LogP contribution in [0.1, 0.15) is 15.9 Å². The van der Waals surface area contributed by atoms with Crippen LogP contribution in [0.3, 0.4) is 0 Å². The number of benzene rings is 2. The van der Waals surface area contributed by atoms with E-state index in [9.17, 15) is 14.9 Å². The summed E-state index contributed by atoms with van der Waals surface area (Å²) in [6, 6.07) is 12.0. The van der Waals surface area contributed by atoms with Crippen LogP contribution >= 0.6 is 34.8 Å². The lowest BCUT2D eigenvalue weighted by molar-refractivity contribution is -0.384. The van der Waals surface area contributed by atoms with Crippen molar-refractivity contribution in [1.82, 2.24) is 5.32 Å². The minimum Gasteiger partial charge on any atom is -0.466 e. The molecule has 25 heavy (non-hydrogen) atoms. The van der Waals surface area contributed by atoms with Gasteiger partial charge in [-0.2, -0.15) is 0 Å². The van der Waals surface area contributed by atoms with Crippen molar-refractivity contribution in [3.05, 3.63) is 69.8 Å². The van der Waals surface area contributed by atoms with Crippen molar-refractivity contribution in [2.75, 3.05) is 0 Å². The number of rotatable bonds is 5. The van der Waals surface area contributed by atoms with E-state index in [1.54, 1.807) is 18.2 Å². The molecule has 1 unspecified atom stereocenters. The van der Waals surface area contributed by atoms with Gasteiger partial charge in [0, 0.05) is 17.7 Å². The number of halogens is 3. The molecule has 0 heterocycles. The smallest absolute Gasteiger partial charge is 0.269 e. The molecule has 0 aliphatic rings. The molecule has 0 saturated heterocycles. The second-order valence-electron chi connectivity index (χ2n) is 5.13. The lowest BCUT2D eigenvalue weighted by Crippen LogP contribution is -2.47. The predicted molar refractivity (Wildman–Crippen MR) is 96.4 cm³/mol. The van der Waals surface area contributed by atoms with Crippen LogP contribution in [0.5, 0.6) is 5.75 Å². The lowest BCUT2D eigenvalue weighted by Gasteiger charge is -2.26. The van der Waals surface area contributed by atoms with Crippen molar-refractivity contribution < 1.29 is 14.5 Å². The number of nitrogens with zero attached hydrogens (tertiary/aromatic N) is 1. The molecule has 0 radical (unpaired) electrons. The Hall–Kier alpha value is -2.02. The Kier molecular flexibility index (Phi) is 6.11. The number of hydrogen-bond acceptors (Lipinski definition) is 4. The Morgan fingerprint density at radius 3 is 2.36 bits per heavy atom. The molecule has 0 aromatic heterocycles. The highest BCUT2D eigenvalue weighted by Gasteiger charge is 2.36. The molecule has 2 aromatic rings. The Morgan fingerprint density at radius 1 is 1.20 bits per heavy atom. The molecule has 1 N–H and O–H groups in total. The Morgan fingerprint density at radius 2 is 1.84 bits per heavy atom. The summed E-state index contributed by atoms with van der Waals surface area (Å²) in [5.74, 6) is -0.284. The van der Waals surface area contributed by atoms with Gasteiger partial charge in [0.25, 0.3) is 11.6 Å². The van der Waals surface area contributed by atoms with Gasteiger partial charge in [0.2, 0.25) is 10.0 Å². The number of hydrogen-bond donors (Lipinski definition) is 1. The molecule has 6 nitrogen and oxygen atoms in total.